The highest BCUT2D eigenvalue weighted by molar-refractivity contribution is 7.91. The van der Waals surface area contributed by atoms with Crippen molar-refractivity contribution in [3.8, 4) is 0 Å². The van der Waals surface area contributed by atoms with Crippen LogP contribution in [0.3, 0.4) is 0 Å². The molecule has 5 nitrogen and oxygen atoms in total. The summed E-state index contributed by atoms with van der Waals surface area (Å²) >= 11 is 6.10. The van der Waals surface area contributed by atoms with Crippen molar-refractivity contribution in [2.45, 2.75) is 25.9 Å². The van der Waals surface area contributed by atoms with E-state index in [1.807, 2.05) is 32.0 Å². The van der Waals surface area contributed by atoms with Gasteiger partial charge in [-0.25, -0.2) is 13.2 Å². The fourth-order valence-corrected chi connectivity index (χ4v) is 6.13. The van der Waals surface area contributed by atoms with Crippen molar-refractivity contribution in [3.05, 3.63) is 58.6 Å². The molecule has 2 heterocycles. The van der Waals surface area contributed by atoms with Crippen molar-refractivity contribution in [1.82, 2.24) is 0 Å². The zero-order valence-corrected chi connectivity index (χ0v) is 16.1. The van der Waals surface area contributed by atoms with Crippen LogP contribution in [0.25, 0.3) is 0 Å². The Kier molecular flexibility index (Phi) is 4.00. The number of rotatable bonds is 2. The Morgan fingerprint density at radius 2 is 1.50 bits per heavy atom. The lowest BCUT2D eigenvalue weighted by atomic mass is 10.1. The maximum absolute atomic E-state index is 13.3. The van der Waals surface area contributed by atoms with Gasteiger partial charge in [-0.15, -0.1) is 0 Å². The summed E-state index contributed by atoms with van der Waals surface area (Å²) in [7, 11) is -3.21. The molecule has 4 rings (SSSR count). The first-order chi connectivity index (χ1) is 12.2. The van der Waals surface area contributed by atoms with Crippen LogP contribution in [0, 0.1) is 13.8 Å². The second-order valence-corrected chi connectivity index (χ2v) is 9.65. The Morgan fingerprint density at radius 3 is 2.08 bits per heavy atom. The van der Waals surface area contributed by atoms with Gasteiger partial charge in [-0.05, 0) is 55.3 Å². The third-order valence-electron chi connectivity index (χ3n) is 4.94. The number of hydrogen-bond acceptors (Lipinski definition) is 3. The smallest absolute Gasteiger partial charge is 0.288 e. The van der Waals surface area contributed by atoms with Gasteiger partial charge in [0.2, 0.25) is 0 Å². The summed E-state index contributed by atoms with van der Waals surface area (Å²) in [5.41, 5.74) is 3.43. The average molecular weight is 391 g/mol. The Morgan fingerprint density at radius 1 is 0.923 bits per heavy atom. The lowest BCUT2D eigenvalue weighted by Crippen LogP contribution is -2.38. The molecular weight excluding hydrogens is 372 g/mol. The first-order valence-electron chi connectivity index (χ1n) is 8.42. The van der Waals surface area contributed by atoms with E-state index in [9.17, 15) is 13.2 Å². The van der Waals surface area contributed by atoms with Crippen LogP contribution in [-0.2, 0) is 9.84 Å². The van der Waals surface area contributed by atoms with Crippen LogP contribution in [0.5, 0.6) is 0 Å². The Balaban J connectivity index is 1.84. The van der Waals surface area contributed by atoms with Gasteiger partial charge in [0.15, 0.2) is 9.84 Å². The number of fused-ring (bicyclic) bond motifs is 1. The summed E-state index contributed by atoms with van der Waals surface area (Å²) in [6, 6.07) is 11.9. The van der Waals surface area contributed by atoms with E-state index in [2.05, 4.69) is 0 Å². The number of sulfone groups is 1. The van der Waals surface area contributed by atoms with Crippen molar-refractivity contribution in [2.75, 3.05) is 21.3 Å². The van der Waals surface area contributed by atoms with Crippen LogP contribution in [0.15, 0.2) is 42.5 Å². The van der Waals surface area contributed by atoms with Crippen LogP contribution < -0.4 is 9.80 Å². The summed E-state index contributed by atoms with van der Waals surface area (Å²) in [5, 5.41) is 0.512. The minimum atomic E-state index is -3.21. The third-order valence-corrected chi connectivity index (χ3v) is 6.87. The number of nitrogens with zero attached hydrogens (tertiary/aromatic N) is 2. The number of carbonyl (C=O) groups excluding carboxylic acids is 1. The molecule has 2 amide bonds. The van der Waals surface area contributed by atoms with Gasteiger partial charge in [-0.3, -0.25) is 9.80 Å². The first-order valence-corrected chi connectivity index (χ1v) is 10.6. The predicted octanol–water partition coefficient (Wildman–Crippen LogP) is 3.57. The van der Waals surface area contributed by atoms with E-state index in [4.69, 9.17) is 11.6 Å². The molecule has 2 saturated heterocycles. The predicted molar refractivity (Wildman–Crippen MR) is 104 cm³/mol. The maximum Gasteiger partial charge on any atom is 0.329 e. The first kappa shape index (κ1) is 17.4. The number of benzene rings is 2. The molecule has 2 aromatic carbocycles. The molecule has 0 unspecified atom stereocenters. The minimum absolute atomic E-state index is 0.0204. The van der Waals surface area contributed by atoms with E-state index in [1.165, 1.54) is 0 Å². The van der Waals surface area contributed by atoms with Crippen molar-refractivity contribution in [3.63, 3.8) is 0 Å². The lowest BCUT2D eigenvalue weighted by Gasteiger charge is -2.23. The Hall–Kier alpha value is -2.05. The largest absolute Gasteiger partial charge is 0.329 e. The number of urea groups is 1. The zero-order chi connectivity index (χ0) is 18.6. The molecule has 0 aromatic heterocycles. The molecular formula is C19H19ClN2O3S. The normalized spacial score (nSPS) is 24.2. The van der Waals surface area contributed by atoms with E-state index < -0.39 is 21.9 Å². The monoisotopic (exact) mass is 390 g/mol. The average Bonchev–Trinajstić information content (AvgIpc) is 2.94. The van der Waals surface area contributed by atoms with Gasteiger partial charge in [0.1, 0.15) is 0 Å². The number of amides is 2. The van der Waals surface area contributed by atoms with Gasteiger partial charge >= 0.3 is 6.03 Å². The molecule has 7 heteroatoms. The number of carbonyl (C=O) groups is 1. The molecule has 2 fully saturated rings. The second-order valence-electron chi connectivity index (χ2n) is 7.06. The van der Waals surface area contributed by atoms with Gasteiger partial charge in [-0.2, -0.15) is 0 Å². The van der Waals surface area contributed by atoms with Gasteiger partial charge in [-0.1, -0.05) is 23.7 Å². The molecule has 2 aliphatic rings. The van der Waals surface area contributed by atoms with Gasteiger partial charge in [0.25, 0.3) is 0 Å². The van der Waals surface area contributed by atoms with Gasteiger partial charge in [0.05, 0.1) is 23.6 Å². The molecule has 0 bridgehead atoms. The second kappa shape index (κ2) is 5.99. The lowest BCUT2D eigenvalue weighted by molar-refractivity contribution is 0.255. The highest BCUT2D eigenvalue weighted by atomic mass is 35.5. The van der Waals surface area contributed by atoms with E-state index in [1.54, 1.807) is 34.1 Å². The molecule has 2 atom stereocenters. The molecule has 0 spiro atoms. The van der Waals surface area contributed by atoms with E-state index in [-0.39, 0.29) is 17.5 Å². The van der Waals surface area contributed by atoms with E-state index in [0.29, 0.717) is 10.7 Å². The van der Waals surface area contributed by atoms with E-state index >= 15 is 0 Å². The number of aryl methyl sites for hydroxylation is 2. The SMILES string of the molecule is Cc1cc(C)cc(N2C(=O)N(c3cccc(Cl)c3)[C@H]3CS(=O)(=O)C[C@H]32)c1. The zero-order valence-electron chi connectivity index (χ0n) is 14.5. The van der Waals surface area contributed by atoms with Crippen LogP contribution in [-0.4, -0.2) is 38.0 Å². The van der Waals surface area contributed by atoms with Crippen molar-refractivity contribution in [2.24, 2.45) is 0 Å². The molecule has 2 aromatic rings. The van der Waals surface area contributed by atoms with E-state index in [0.717, 1.165) is 16.8 Å². The van der Waals surface area contributed by atoms with Crippen molar-refractivity contribution < 1.29 is 13.2 Å². The molecule has 0 saturated carbocycles. The van der Waals surface area contributed by atoms with Crippen molar-refractivity contribution in [1.29, 1.82) is 0 Å². The summed E-state index contributed by atoms with van der Waals surface area (Å²) < 4.78 is 24.6. The highest BCUT2D eigenvalue weighted by Crippen LogP contribution is 2.38. The van der Waals surface area contributed by atoms with Gasteiger partial charge in [0, 0.05) is 16.4 Å². The van der Waals surface area contributed by atoms with Crippen LogP contribution in [0.1, 0.15) is 11.1 Å². The Labute approximate surface area is 158 Å². The Bertz CT molecular complexity index is 985. The standard InChI is InChI=1S/C19H19ClN2O3S/c1-12-6-13(2)8-16(7-12)22-18-11-26(24,25)10-17(18)21(19(22)23)15-5-3-4-14(20)9-15/h3-9,17-18H,10-11H2,1-2H3/t17-,18+/m0/s1. The van der Waals surface area contributed by atoms with Gasteiger partial charge < -0.3 is 0 Å². The number of hydrogen-bond donors (Lipinski definition) is 0. The third kappa shape index (κ3) is 2.87. The quantitative estimate of drug-likeness (QED) is 0.736. The molecule has 26 heavy (non-hydrogen) atoms. The fraction of sp³-hybridized carbons (Fsp3) is 0.316. The maximum atomic E-state index is 13.3. The van der Waals surface area contributed by atoms with Crippen LogP contribution in [0.4, 0.5) is 16.2 Å². The fourth-order valence-electron chi connectivity index (χ4n) is 4.02. The molecule has 2 aliphatic heterocycles. The summed E-state index contributed by atoms with van der Waals surface area (Å²) in [6.07, 6.45) is 0. The minimum Gasteiger partial charge on any atom is -0.288 e. The van der Waals surface area contributed by atoms with Crippen LogP contribution in [0.2, 0.25) is 5.02 Å². The number of anilines is 2. The van der Waals surface area contributed by atoms with Crippen LogP contribution >= 0.6 is 11.6 Å². The summed E-state index contributed by atoms with van der Waals surface area (Å²) in [4.78, 5) is 16.5. The molecule has 0 aliphatic carbocycles. The topological polar surface area (TPSA) is 57.7 Å². The highest BCUT2D eigenvalue weighted by Gasteiger charge is 2.54. The van der Waals surface area contributed by atoms with Crippen molar-refractivity contribution >= 4 is 38.8 Å². The molecule has 0 N–H and O–H groups in total. The molecule has 136 valence electrons. The number of halogens is 1. The molecule has 0 radical (unpaired) electrons. The summed E-state index contributed by atoms with van der Waals surface area (Å²) in [6.45, 7) is 3.93. The summed E-state index contributed by atoms with van der Waals surface area (Å²) in [5.74, 6) is -0.0509.